The number of nitrogens with two attached hydrogens (primary N) is 2. The van der Waals surface area contributed by atoms with E-state index in [2.05, 4.69) is 10.1 Å². The fraction of sp³-hybridized carbons (Fsp3) is 0.607. The number of sulfonamides is 2. The molecular formula is C28H42N4O13S6. The molecule has 0 aromatic carbocycles. The van der Waals surface area contributed by atoms with Crippen molar-refractivity contribution < 1.29 is 57.5 Å². The average molecular weight is 835 g/mol. The lowest BCUT2D eigenvalue weighted by Crippen LogP contribution is -2.40. The first-order chi connectivity index (χ1) is 23.5. The van der Waals surface area contributed by atoms with Crippen LogP contribution in [0.3, 0.4) is 0 Å². The Bertz CT molecular complexity index is 2070. The Kier molecular flexibility index (Phi) is 14.0. The molecule has 0 saturated carbocycles. The smallest absolute Gasteiger partial charge is 0.344 e. The van der Waals surface area contributed by atoms with E-state index in [1.165, 1.54) is 24.0 Å². The minimum atomic E-state index is -4.11. The maximum atomic E-state index is 12.8. The number of ether oxygens (including phenoxy) is 2. The molecular weight excluding hydrogens is 793 g/mol. The Morgan fingerprint density at radius 3 is 1.88 bits per heavy atom. The van der Waals surface area contributed by atoms with Crippen LogP contribution in [-0.2, 0) is 63.6 Å². The van der Waals surface area contributed by atoms with E-state index in [-0.39, 0.29) is 66.8 Å². The number of carbonyl (C=O) groups is 3. The number of thiophene rings is 2. The number of primary sulfonamides is 2. The molecule has 0 fully saturated rings. The van der Waals surface area contributed by atoms with Crippen molar-refractivity contribution in [1.29, 1.82) is 0 Å². The third-order valence-corrected chi connectivity index (χ3v) is 18.7. The zero-order valence-electron chi connectivity index (χ0n) is 28.5. The van der Waals surface area contributed by atoms with Crippen LogP contribution in [0.25, 0.3) is 0 Å². The number of fused-ring (bicyclic) bond motifs is 2. The van der Waals surface area contributed by atoms with E-state index in [4.69, 9.17) is 15.0 Å². The predicted octanol–water partition coefficient (Wildman–Crippen LogP) is 1.35. The molecule has 2 aromatic heterocycles. The topological polar surface area (TPSA) is 274 Å². The summed E-state index contributed by atoms with van der Waals surface area (Å²) in [5.74, 6) is -1.64. The molecule has 2 aromatic rings. The molecule has 2 aliphatic heterocycles. The van der Waals surface area contributed by atoms with Gasteiger partial charge in [0.05, 0.1) is 23.1 Å². The van der Waals surface area contributed by atoms with Crippen molar-refractivity contribution in [3.05, 3.63) is 23.3 Å². The first-order valence-corrected chi connectivity index (χ1v) is 23.4. The first kappa shape index (κ1) is 42.9. The van der Waals surface area contributed by atoms with Gasteiger partial charge in [-0.3, -0.25) is 9.59 Å². The monoisotopic (exact) mass is 834 g/mol. The Labute approximate surface area is 306 Å². The fourth-order valence-corrected chi connectivity index (χ4v) is 14.3. The minimum Gasteiger partial charge on any atom is -0.463 e. The summed E-state index contributed by atoms with van der Waals surface area (Å²) < 4.78 is 105. The summed E-state index contributed by atoms with van der Waals surface area (Å²) in [6.45, 7) is 8.34. The van der Waals surface area contributed by atoms with E-state index in [1.54, 1.807) is 13.8 Å². The molecule has 17 nitrogen and oxygen atoms in total. The normalized spacial score (nSPS) is 22.0. The Morgan fingerprint density at radius 1 is 0.882 bits per heavy atom. The molecule has 2 aliphatic rings. The predicted molar refractivity (Wildman–Crippen MR) is 187 cm³/mol. The van der Waals surface area contributed by atoms with Crippen molar-refractivity contribution in [2.75, 3.05) is 26.3 Å². The van der Waals surface area contributed by atoms with Gasteiger partial charge in [0.2, 0.25) is 26.0 Å². The Balaban J connectivity index is 0.000000313. The van der Waals surface area contributed by atoms with Crippen molar-refractivity contribution >= 4 is 80.2 Å². The molecule has 4 atom stereocenters. The SMILES string of the molecule is CCN(C(=O)CCCOC(=O)COC(C)=O)[C@H]1C[C@H](C)S(=O)(=O)c2sc(S(N)(=O)=O)cc21.CCN[C@H]1C[C@H](C)S(=O)(=O)c2sc(S(N)(=O)=O)cc21. The quantitative estimate of drug-likeness (QED) is 0.201. The summed E-state index contributed by atoms with van der Waals surface area (Å²) in [7, 11) is -15.2. The summed E-state index contributed by atoms with van der Waals surface area (Å²) in [6.07, 6.45) is 0.783. The number of sulfone groups is 2. The van der Waals surface area contributed by atoms with Crippen molar-refractivity contribution in [2.45, 2.75) is 99.7 Å². The molecule has 1 amide bonds. The second kappa shape index (κ2) is 16.7. The molecule has 4 heterocycles. The molecule has 0 bridgehead atoms. The lowest BCUT2D eigenvalue weighted by atomic mass is 10.0. The first-order valence-electron chi connectivity index (χ1n) is 15.6. The van der Waals surface area contributed by atoms with Crippen LogP contribution in [0.15, 0.2) is 29.0 Å². The number of hydrogen-bond acceptors (Lipinski definition) is 16. The number of hydrogen-bond donors (Lipinski definition) is 3. The molecule has 4 rings (SSSR count). The molecule has 0 spiro atoms. The summed E-state index contributed by atoms with van der Waals surface area (Å²) in [5, 5.41) is 12.1. The van der Waals surface area contributed by atoms with Gasteiger partial charge in [0.25, 0.3) is 0 Å². The molecule has 288 valence electrons. The fourth-order valence-electron chi connectivity index (χ4n) is 5.51. The molecule has 0 aliphatic carbocycles. The third-order valence-electron chi connectivity index (χ3n) is 8.08. The molecule has 51 heavy (non-hydrogen) atoms. The van der Waals surface area contributed by atoms with Crippen LogP contribution in [0.4, 0.5) is 0 Å². The highest BCUT2D eigenvalue weighted by Gasteiger charge is 2.42. The van der Waals surface area contributed by atoms with Gasteiger partial charge in [0, 0.05) is 37.1 Å². The van der Waals surface area contributed by atoms with Crippen LogP contribution in [0.5, 0.6) is 0 Å². The largest absolute Gasteiger partial charge is 0.463 e. The number of nitrogens with zero attached hydrogens (tertiary/aromatic N) is 1. The van der Waals surface area contributed by atoms with Gasteiger partial charge >= 0.3 is 11.9 Å². The van der Waals surface area contributed by atoms with Crippen molar-refractivity contribution in [3.8, 4) is 0 Å². The highest BCUT2D eigenvalue weighted by Crippen LogP contribution is 2.45. The second-order valence-electron chi connectivity index (χ2n) is 11.8. The van der Waals surface area contributed by atoms with E-state index in [0.717, 1.165) is 18.3 Å². The lowest BCUT2D eigenvalue weighted by Gasteiger charge is -2.36. The van der Waals surface area contributed by atoms with Crippen LogP contribution in [0, 0.1) is 0 Å². The van der Waals surface area contributed by atoms with Crippen LogP contribution >= 0.6 is 22.7 Å². The minimum absolute atomic E-state index is 0.0217. The van der Waals surface area contributed by atoms with Gasteiger partial charge in [0.15, 0.2) is 26.3 Å². The van der Waals surface area contributed by atoms with Gasteiger partial charge in [0.1, 0.15) is 16.8 Å². The maximum Gasteiger partial charge on any atom is 0.344 e. The highest BCUT2D eigenvalue weighted by molar-refractivity contribution is 7.96. The van der Waals surface area contributed by atoms with E-state index < -0.39 is 74.8 Å². The lowest BCUT2D eigenvalue weighted by molar-refractivity contribution is -0.157. The van der Waals surface area contributed by atoms with Gasteiger partial charge in [-0.15, -0.1) is 22.7 Å². The van der Waals surface area contributed by atoms with E-state index in [1.807, 2.05) is 6.92 Å². The van der Waals surface area contributed by atoms with Crippen molar-refractivity contribution in [3.63, 3.8) is 0 Å². The van der Waals surface area contributed by atoms with Gasteiger partial charge in [-0.1, -0.05) is 6.92 Å². The molecule has 5 N–H and O–H groups in total. The van der Waals surface area contributed by atoms with Gasteiger partial charge < -0.3 is 19.7 Å². The Hall–Kier alpha value is -2.51. The van der Waals surface area contributed by atoms with Crippen LogP contribution in [0.2, 0.25) is 0 Å². The molecule has 0 saturated heterocycles. The Morgan fingerprint density at radius 2 is 1.39 bits per heavy atom. The van der Waals surface area contributed by atoms with E-state index in [9.17, 15) is 48.1 Å². The summed E-state index contributed by atoms with van der Waals surface area (Å²) in [6, 6.07) is 1.84. The van der Waals surface area contributed by atoms with E-state index >= 15 is 0 Å². The summed E-state index contributed by atoms with van der Waals surface area (Å²) >= 11 is 1.34. The zero-order valence-corrected chi connectivity index (χ0v) is 33.4. The number of carbonyl (C=O) groups excluding carboxylic acids is 3. The summed E-state index contributed by atoms with van der Waals surface area (Å²) in [5.41, 5.74) is 0.772. The maximum absolute atomic E-state index is 12.8. The van der Waals surface area contributed by atoms with Crippen LogP contribution < -0.4 is 15.6 Å². The van der Waals surface area contributed by atoms with Gasteiger partial charge in [-0.25, -0.2) is 48.7 Å². The second-order valence-corrected chi connectivity index (χ2v) is 22.6. The number of nitrogens with one attached hydrogen (secondary N) is 1. The standard InChI is InChI=1S/C18H26N2O9S3.C10H16N2O4S3/c1-4-20(15(22)6-5-7-28-16(23)10-29-12(3)21)14-8-11(2)31(24,25)18-13(14)9-17(30-18)32(19,26)27;1-3-12-8-4-6(2)18(13,14)10-7(8)5-9(17-10)19(11,15)16/h9,11,14H,4-8,10H2,1-3H3,(H2,19,26,27);5-6,8,12H,3-4H2,1-2H3,(H2,11,15,16)/t11-,14-;6-,8-/m00/s1. The third kappa shape index (κ3) is 10.1. The van der Waals surface area contributed by atoms with Crippen molar-refractivity contribution in [1.82, 2.24) is 10.2 Å². The zero-order chi connectivity index (χ0) is 38.7. The summed E-state index contributed by atoms with van der Waals surface area (Å²) in [4.78, 5) is 36.4. The molecule has 23 heteroatoms. The van der Waals surface area contributed by atoms with Gasteiger partial charge in [-0.2, -0.15) is 0 Å². The number of rotatable bonds is 12. The number of esters is 2. The van der Waals surface area contributed by atoms with Crippen molar-refractivity contribution in [2.24, 2.45) is 10.3 Å². The van der Waals surface area contributed by atoms with Gasteiger partial charge in [-0.05, 0) is 58.7 Å². The van der Waals surface area contributed by atoms with Crippen LogP contribution in [-0.4, -0.2) is 93.2 Å². The molecule has 0 unspecified atom stereocenters. The average Bonchev–Trinajstić information content (AvgIpc) is 3.68. The highest BCUT2D eigenvalue weighted by atomic mass is 32.3. The van der Waals surface area contributed by atoms with Crippen LogP contribution in [0.1, 0.15) is 83.5 Å². The number of amides is 1. The molecule has 0 radical (unpaired) electrons. The van der Waals surface area contributed by atoms with E-state index in [0.29, 0.717) is 29.9 Å².